The van der Waals surface area contributed by atoms with Gasteiger partial charge in [-0.05, 0) is 0 Å². The van der Waals surface area contributed by atoms with Crippen LogP contribution in [-0.2, 0) is 17.1 Å². The molecule has 18 heavy (non-hydrogen) atoms. The van der Waals surface area contributed by atoms with Crippen molar-refractivity contribution in [3.63, 3.8) is 0 Å². The summed E-state index contributed by atoms with van der Waals surface area (Å²) >= 11 is 5.30. The molecular weight excluding hydrogens is 282 g/mol. The van der Waals surface area contributed by atoms with E-state index in [-0.39, 0.29) is 5.56 Å². The minimum atomic E-state index is -5.03. The molecule has 0 saturated heterocycles. The monoisotopic (exact) mass is 287 g/mol. The van der Waals surface area contributed by atoms with Crippen molar-refractivity contribution in [3.8, 4) is 5.88 Å². The average molecular weight is 288 g/mol. The molecule has 0 bridgehead atoms. The van der Waals surface area contributed by atoms with E-state index in [1.165, 1.54) is 0 Å². The van der Waals surface area contributed by atoms with Crippen LogP contribution in [-0.4, -0.2) is 22.4 Å². The number of pyridine rings is 1. The van der Waals surface area contributed by atoms with Gasteiger partial charge in [0.15, 0.2) is 0 Å². The Bertz CT molecular complexity index is 464. The average Bonchev–Trinajstić information content (AvgIpc) is 2.20. The molecule has 0 aliphatic rings. The Balaban J connectivity index is 3.16. The molecule has 9 heteroatoms. The van der Waals surface area contributed by atoms with Crippen LogP contribution in [0, 0.1) is 5.82 Å². The van der Waals surface area contributed by atoms with Crippen LogP contribution in [0.1, 0.15) is 11.1 Å². The molecule has 1 rings (SSSR count). The van der Waals surface area contributed by atoms with Gasteiger partial charge in [0.25, 0.3) is 0 Å². The fourth-order valence-electron chi connectivity index (χ4n) is 1.16. The van der Waals surface area contributed by atoms with Gasteiger partial charge < -0.3 is 9.84 Å². The van der Waals surface area contributed by atoms with Gasteiger partial charge in [0, 0.05) is 11.8 Å². The van der Waals surface area contributed by atoms with Gasteiger partial charge in [0.1, 0.15) is 5.82 Å². The van der Waals surface area contributed by atoms with E-state index in [4.69, 9.17) is 16.7 Å². The van der Waals surface area contributed by atoms with E-state index in [9.17, 15) is 22.4 Å². The zero-order chi connectivity index (χ0) is 13.9. The van der Waals surface area contributed by atoms with Crippen LogP contribution in [0.3, 0.4) is 0 Å². The summed E-state index contributed by atoms with van der Waals surface area (Å²) in [7, 11) is 0. The number of halogens is 5. The standard InChI is InChI=1S/C9H6ClF4NO3/c10-2-5-7(11)4(1-6(16)17)3-15-8(5)18-9(12,13)14/h3H,1-2H2,(H,16,17). The van der Waals surface area contributed by atoms with E-state index in [0.29, 0.717) is 6.20 Å². The third-order valence-electron chi connectivity index (χ3n) is 1.83. The molecule has 0 amide bonds. The molecular formula is C9H6ClF4NO3. The Kier molecular flexibility index (Phi) is 4.33. The molecule has 0 aliphatic carbocycles. The van der Waals surface area contributed by atoms with Crippen LogP contribution in [0.5, 0.6) is 5.88 Å². The van der Waals surface area contributed by atoms with Gasteiger partial charge >= 0.3 is 12.3 Å². The molecule has 0 aliphatic heterocycles. The highest BCUT2D eigenvalue weighted by molar-refractivity contribution is 6.17. The van der Waals surface area contributed by atoms with Crippen LogP contribution < -0.4 is 4.74 Å². The third-order valence-corrected chi connectivity index (χ3v) is 2.10. The van der Waals surface area contributed by atoms with Gasteiger partial charge in [-0.15, -0.1) is 24.8 Å². The summed E-state index contributed by atoms with van der Waals surface area (Å²) in [5.41, 5.74) is -1.000. The lowest BCUT2D eigenvalue weighted by atomic mass is 10.1. The maximum absolute atomic E-state index is 13.6. The molecule has 0 aromatic carbocycles. The number of aliphatic carboxylic acids is 1. The van der Waals surface area contributed by atoms with Gasteiger partial charge in [0.05, 0.1) is 17.9 Å². The first-order chi connectivity index (χ1) is 8.24. The Hall–Kier alpha value is -1.57. The van der Waals surface area contributed by atoms with Gasteiger partial charge in [0.2, 0.25) is 5.88 Å². The molecule has 0 atom stereocenters. The Morgan fingerprint density at radius 1 is 1.50 bits per heavy atom. The summed E-state index contributed by atoms with van der Waals surface area (Å²) in [5.74, 6) is -4.16. The van der Waals surface area contributed by atoms with E-state index in [1.807, 2.05) is 0 Å². The van der Waals surface area contributed by atoms with Gasteiger partial charge in [-0.1, -0.05) is 0 Å². The van der Waals surface area contributed by atoms with Crippen LogP contribution in [0.25, 0.3) is 0 Å². The lowest BCUT2D eigenvalue weighted by Gasteiger charge is -2.12. The largest absolute Gasteiger partial charge is 0.574 e. The molecule has 0 saturated carbocycles. The summed E-state index contributed by atoms with van der Waals surface area (Å²) in [6, 6.07) is 0. The van der Waals surface area contributed by atoms with Crippen LogP contribution >= 0.6 is 11.6 Å². The molecule has 1 aromatic heterocycles. The fourth-order valence-corrected chi connectivity index (χ4v) is 1.39. The first kappa shape index (κ1) is 14.5. The van der Waals surface area contributed by atoms with Crippen molar-refractivity contribution in [3.05, 3.63) is 23.1 Å². The maximum atomic E-state index is 13.6. The smallest absolute Gasteiger partial charge is 0.481 e. The predicted octanol–water partition coefficient (Wildman–Crippen LogP) is 2.49. The number of alkyl halides is 4. The highest BCUT2D eigenvalue weighted by Gasteiger charge is 2.33. The molecule has 0 unspecified atom stereocenters. The van der Waals surface area contributed by atoms with E-state index < -0.39 is 41.9 Å². The number of carbonyl (C=O) groups is 1. The molecule has 0 radical (unpaired) electrons. The van der Waals surface area contributed by atoms with E-state index >= 15 is 0 Å². The van der Waals surface area contributed by atoms with Gasteiger partial charge in [-0.2, -0.15) is 0 Å². The van der Waals surface area contributed by atoms with Crippen LogP contribution in [0.4, 0.5) is 17.6 Å². The van der Waals surface area contributed by atoms with Crippen molar-refractivity contribution in [1.29, 1.82) is 0 Å². The van der Waals surface area contributed by atoms with Crippen molar-refractivity contribution in [2.45, 2.75) is 18.7 Å². The number of carboxylic acid groups (broad SMARTS) is 1. The van der Waals surface area contributed by atoms with Crippen molar-refractivity contribution >= 4 is 17.6 Å². The first-order valence-electron chi connectivity index (χ1n) is 4.44. The Morgan fingerprint density at radius 3 is 2.56 bits per heavy atom. The lowest BCUT2D eigenvalue weighted by molar-refractivity contribution is -0.276. The maximum Gasteiger partial charge on any atom is 0.574 e. The van der Waals surface area contributed by atoms with Gasteiger partial charge in [-0.3, -0.25) is 4.79 Å². The molecule has 100 valence electrons. The van der Waals surface area contributed by atoms with E-state index in [2.05, 4.69) is 9.72 Å². The van der Waals surface area contributed by atoms with Crippen molar-refractivity contribution in [2.24, 2.45) is 0 Å². The second-order valence-electron chi connectivity index (χ2n) is 3.13. The van der Waals surface area contributed by atoms with Crippen LogP contribution in [0.2, 0.25) is 0 Å². The number of hydrogen-bond donors (Lipinski definition) is 1. The number of carboxylic acids is 1. The second kappa shape index (κ2) is 5.38. The zero-order valence-electron chi connectivity index (χ0n) is 8.59. The molecule has 1 aromatic rings. The SMILES string of the molecule is O=C(O)Cc1cnc(OC(F)(F)F)c(CCl)c1F. The predicted molar refractivity (Wildman–Crippen MR) is 51.8 cm³/mol. The number of hydrogen-bond acceptors (Lipinski definition) is 3. The number of nitrogens with zero attached hydrogens (tertiary/aromatic N) is 1. The molecule has 4 nitrogen and oxygen atoms in total. The normalized spacial score (nSPS) is 11.4. The lowest BCUT2D eigenvalue weighted by Crippen LogP contribution is -2.20. The summed E-state index contributed by atoms with van der Waals surface area (Å²) in [4.78, 5) is 13.6. The summed E-state index contributed by atoms with van der Waals surface area (Å²) in [5, 5.41) is 8.47. The minimum Gasteiger partial charge on any atom is -0.481 e. The molecule has 0 spiro atoms. The van der Waals surface area contributed by atoms with Crippen molar-refractivity contribution in [2.75, 3.05) is 0 Å². The van der Waals surface area contributed by atoms with Gasteiger partial charge in [-0.25, -0.2) is 9.37 Å². The third kappa shape index (κ3) is 3.73. The first-order valence-corrected chi connectivity index (χ1v) is 4.97. The second-order valence-corrected chi connectivity index (χ2v) is 3.40. The quantitative estimate of drug-likeness (QED) is 0.683. The number of ether oxygens (including phenoxy) is 1. The van der Waals surface area contributed by atoms with E-state index in [1.54, 1.807) is 0 Å². The van der Waals surface area contributed by atoms with Crippen molar-refractivity contribution in [1.82, 2.24) is 4.98 Å². The fraction of sp³-hybridized carbons (Fsp3) is 0.333. The summed E-state index contributed by atoms with van der Waals surface area (Å²) in [6.07, 6.45) is -5.08. The highest BCUT2D eigenvalue weighted by atomic mass is 35.5. The Morgan fingerprint density at radius 2 is 2.11 bits per heavy atom. The van der Waals surface area contributed by atoms with Crippen molar-refractivity contribution < 1.29 is 32.2 Å². The number of aromatic nitrogens is 1. The van der Waals surface area contributed by atoms with E-state index in [0.717, 1.165) is 0 Å². The summed E-state index contributed by atoms with van der Waals surface area (Å²) < 4.78 is 53.0. The molecule has 1 heterocycles. The summed E-state index contributed by atoms with van der Waals surface area (Å²) in [6.45, 7) is 0. The minimum absolute atomic E-state index is 0.368. The zero-order valence-corrected chi connectivity index (χ0v) is 9.35. The Labute approximate surface area is 103 Å². The number of rotatable bonds is 4. The van der Waals surface area contributed by atoms with Crippen LogP contribution in [0.15, 0.2) is 6.20 Å². The molecule has 1 N–H and O–H groups in total. The highest BCUT2D eigenvalue weighted by Crippen LogP contribution is 2.28. The molecule has 0 fully saturated rings. The topological polar surface area (TPSA) is 59.4 Å².